The van der Waals surface area contributed by atoms with Gasteiger partial charge in [0.15, 0.2) is 0 Å². The first kappa shape index (κ1) is 13.2. The Hall–Kier alpha value is -1.20. The molecule has 1 aromatic rings. The molecule has 0 spiro atoms. The number of halogens is 2. The van der Waals surface area contributed by atoms with Crippen LogP contribution in [-0.4, -0.2) is 30.4 Å². The largest absolute Gasteiger partial charge is 0.392 e. The Morgan fingerprint density at radius 3 is 2.44 bits per heavy atom. The number of rotatable bonds is 2. The van der Waals surface area contributed by atoms with E-state index in [-0.39, 0.29) is 17.9 Å². The van der Waals surface area contributed by atoms with Gasteiger partial charge in [0.05, 0.1) is 18.8 Å². The molecule has 0 aliphatic carbocycles. The van der Waals surface area contributed by atoms with Crippen LogP contribution in [0.25, 0.3) is 0 Å². The minimum absolute atomic E-state index is 0.0384. The molecule has 0 bridgehead atoms. The maximum Gasteiger partial charge on any atom is 0.149 e. The number of aliphatic hydroxyl groups is 1. The minimum Gasteiger partial charge on any atom is -0.392 e. The molecule has 0 amide bonds. The van der Waals surface area contributed by atoms with Crippen LogP contribution in [0.1, 0.15) is 19.4 Å². The van der Waals surface area contributed by atoms with Crippen LogP contribution in [-0.2, 0) is 11.3 Å². The Morgan fingerprint density at radius 1 is 1.33 bits per heavy atom. The average molecular weight is 257 g/mol. The van der Waals surface area contributed by atoms with Crippen LogP contribution in [0.3, 0.4) is 0 Å². The third-order valence-corrected chi connectivity index (χ3v) is 3.00. The van der Waals surface area contributed by atoms with E-state index in [1.807, 2.05) is 13.8 Å². The monoisotopic (exact) mass is 257 g/mol. The molecule has 18 heavy (non-hydrogen) atoms. The van der Waals surface area contributed by atoms with E-state index in [0.717, 1.165) is 0 Å². The molecular weight excluding hydrogens is 240 g/mol. The minimum atomic E-state index is -0.642. The molecule has 5 heteroatoms. The summed E-state index contributed by atoms with van der Waals surface area (Å²) in [5.41, 5.74) is -0.225. The third kappa shape index (κ3) is 2.62. The fraction of sp³-hybridized carbons (Fsp3) is 0.538. The molecule has 1 aliphatic rings. The standard InChI is InChI=1S/C13H17F2NO2/c1-13(2)8-16(3-4-18-13)12-10(14)5-9(7-17)6-11(12)15/h5-6,17H,3-4,7-8H2,1-2H3. The molecule has 0 aromatic heterocycles. The topological polar surface area (TPSA) is 32.7 Å². The molecule has 1 N–H and O–H groups in total. The SMILES string of the molecule is CC1(C)CN(c2c(F)cc(CO)cc2F)CCO1. The van der Waals surface area contributed by atoms with Crippen molar-refractivity contribution in [2.24, 2.45) is 0 Å². The van der Waals surface area contributed by atoms with Gasteiger partial charge in [-0.05, 0) is 31.5 Å². The molecule has 0 atom stereocenters. The van der Waals surface area contributed by atoms with E-state index >= 15 is 0 Å². The molecule has 1 heterocycles. The summed E-state index contributed by atoms with van der Waals surface area (Å²) in [4.78, 5) is 1.65. The van der Waals surface area contributed by atoms with Gasteiger partial charge >= 0.3 is 0 Å². The zero-order chi connectivity index (χ0) is 13.3. The molecule has 1 aromatic carbocycles. The summed E-state index contributed by atoms with van der Waals surface area (Å²) < 4.78 is 33.3. The lowest BCUT2D eigenvalue weighted by molar-refractivity contribution is -0.0280. The van der Waals surface area contributed by atoms with Gasteiger partial charge in [-0.1, -0.05) is 0 Å². The van der Waals surface area contributed by atoms with E-state index in [4.69, 9.17) is 9.84 Å². The Labute approximate surface area is 105 Å². The average Bonchev–Trinajstić information content (AvgIpc) is 2.26. The summed E-state index contributed by atoms with van der Waals surface area (Å²) in [6.07, 6.45) is 0. The van der Waals surface area contributed by atoms with Crippen LogP contribution in [0.5, 0.6) is 0 Å². The molecule has 0 unspecified atom stereocenters. The number of hydrogen-bond donors (Lipinski definition) is 1. The van der Waals surface area contributed by atoms with Crippen molar-refractivity contribution in [3.05, 3.63) is 29.3 Å². The molecule has 3 nitrogen and oxygen atoms in total. The van der Waals surface area contributed by atoms with Gasteiger partial charge in [0, 0.05) is 13.1 Å². The highest BCUT2D eigenvalue weighted by molar-refractivity contribution is 5.51. The molecular formula is C13H17F2NO2. The Kier molecular flexibility index (Phi) is 3.54. The predicted molar refractivity (Wildman–Crippen MR) is 64.5 cm³/mol. The van der Waals surface area contributed by atoms with Crippen molar-refractivity contribution in [1.29, 1.82) is 0 Å². The molecule has 100 valence electrons. The summed E-state index contributed by atoms with van der Waals surface area (Å²) in [5.74, 6) is -1.28. The van der Waals surface area contributed by atoms with Gasteiger partial charge < -0.3 is 14.7 Å². The maximum atomic E-state index is 13.9. The second kappa shape index (κ2) is 4.82. The highest BCUT2D eigenvalue weighted by atomic mass is 19.1. The van der Waals surface area contributed by atoms with Gasteiger partial charge in [-0.25, -0.2) is 8.78 Å². The third-order valence-electron chi connectivity index (χ3n) is 3.00. The molecule has 0 saturated carbocycles. The lowest BCUT2D eigenvalue weighted by Crippen LogP contribution is -2.49. The summed E-state index contributed by atoms with van der Waals surface area (Å²) in [5, 5.41) is 8.90. The summed E-state index contributed by atoms with van der Waals surface area (Å²) in [6.45, 7) is 4.72. The molecule has 1 fully saturated rings. The molecule has 1 aliphatic heterocycles. The second-order valence-electron chi connectivity index (χ2n) is 5.10. The van der Waals surface area contributed by atoms with Crippen molar-refractivity contribution < 1.29 is 18.6 Å². The normalized spacial score (nSPS) is 19.1. The van der Waals surface area contributed by atoms with Crippen LogP contribution in [0.2, 0.25) is 0 Å². The van der Waals surface area contributed by atoms with E-state index in [2.05, 4.69) is 0 Å². The number of nitrogens with zero attached hydrogens (tertiary/aromatic N) is 1. The Morgan fingerprint density at radius 2 is 1.94 bits per heavy atom. The van der Waals surface area contributed by atoms with Crippen LogP contribution in [0.4, 0.5) is 14.5 Å². The van der Waals surface area contributed by atoms with Gasteiger partial charge in [-0.15, -0.1) is 0 Å². The van der Waals surface area contributed by atoms with Crippen molar-refractivity contribution in [2.45, 2.75) is 26.1 Å². The number of anilines is 1. The lowest BCUT2D eigenvalue weighted by Gasteiger charge is -2.39. The highest BCUT2D eigenvalue weighted by Gasteiger charge is 2.30. The zero-order valence-corrected chi connectivity index (χ0v) is 10.5. The fourth-order valence-electron chi connectivity index (χ4n) is 2.22. The Bertz CT molecular complexity index is 426. The van der Waals surface area contributed by atoms with Crippen molar-refractivity contribution >= 4 is 5.69 Å². The van der Waals surface area contributed by atoms with E-state index in [1.165, 1.54) is 12.1 Å². The predicted octanol–water partition coefficient (Wildman–Crippen LogP) is 2.07. The molecule has 0 radical (unpaired) electrons. The van der Waals surface area contributed by atoms with E-state index < -0.39 is 17.2 Å². The van der Waals surface area contributed by atoms with Crippen LogP contribution in [0, 0.1) is 11.6 Å². The van der Waals surface area contributed by atoms with Gasteiger partial charge in [0.25, 0.3) is 0 Å². The highest BCUT2D eigenvalue weighted by Crippen LogP contribution is 2.29. The van der Waals surface area contributed by atoms with Crippen LogP contribution in [0.15, 0.2) is 12.1 Å². The lowest BCUT2D eigenvalue weighted by atomic mass is 10.1. The van der Waals surface area contributed by atoms with Crippen LogP contribution >= 0.6 is 0 Å². The van der Waals surface area contributed by atoms with Crippen molar-refractivity contribution in [3.63, 3.8) is 0 Å². The number of aliphatic hydroxyl groups excluding tert-OH is 1. The smallest absolute Gasteiger partial charge is 0.149 e. The number of hydrogen-bond acceptors (Lipinski definition) is 3. The first-order valence-electron chi connectivity index (χ1n) is 5.90. The first-order chi connectivity index (χ1) is 8.43. The molecule has 1 saturated heterocycles. The Balaban J connectivity index is 2.33. The number of benzene rings is 1. The van der Waals surface area contributed by atoms with E-state index in [9.17, 15) is 8.78 Å². The summed E-state index contributed by atoms with van der Waals surface area (Å²) in [7, 11) is 0. The van der Waals surface area contributed by atoms with Gasteiger partial charge in [-0.3, -0.25) is 0 Å². The summed E-state index contributed by atoms with van der Waals surface area (Å²) in [6, 6.07) is 2.34. The fourth-order valence-corrected chi connectivity index (χ4v) is 2.22. The van der Waals surface area contributed by atoms with Crippen molar-refractivity contribution in [3.8, 4) is 0 Å². The first-order valence-corrected chi connectivity index (χ1v) is 5.90. The van der Waals surface area contributed by atoms with E-state index in [0.29, 0.717) is 19.7 Å². The van der Waals surface area contributed by atoms with Gasteiger partial charge in [0.2, 0.25) is 0 Å². The zero-order valence-electron chi connectivity index (χ0n) is 10.5. The number of morpholine rings is 1. The molecule has 2 rings (SSSR count). The number of ether oxygens (including phenoxy) is 1. The van der Waals surface area contributed by atoms with Crippen molar-refractivity contribution in [2.75, 3.05) is 24.6 Å². The quantitative estimate of drug-likeness (QED) is 0.880. The second-order valence-corrected chi connectivity index (χ2v) is 5.10. The van der Waals surface area contributed by atoms with Gasteiger partial charge in [-0.2, -0.15) is 0 Å². The van der Waals surface area contributed by atoms with Crippen molar-refractivity contribution in [1.82, 2.24) is 0 Å². The van der Waals surface area contributed by atoms with Crippen LogP contribution < -0.4 is 4.90 Å². The summed E-state index contributed by atoms with van der Waals surface area (Å²) >= 11 is 0. The van der Waals surface area contributed by atoms with Gasteiger partial charge in [0.1, 0.15) is 17.3 Å². The van der Waals surface area contributed by atoms with E-state index in [1.54, 1.807) is 4.90 Å². The maximum absolute atomic E-state index is 13.9.